The van der Waals surface area contributed by atoms with Gasteiger partial charge >= 0.3 is 0 Å². The number of amides is 1. The molecule has 0 radical (unpaired) electrons. The fourth-order valence-corrected chi connectivity index (χ4v) is 1.20. The Hall–Kier alpha value is -1.82. The van der Waals surface area contributed by atoms with Crippen LogP contribution in [0, 0.1) is 18.3 Å². The van der Waals surface area contributed by atoms with Crippen molar-refractivity contribution in [3.63, 3.8) is 0 Å². The normalized spacial score (nSPS) is 9.23. The van der Waals surface area contributed by atoms with E-state index in [-0.39, 0.29) is 0 Å². The summed E-state index contributed by atoms with van der Waals surface area (Å²) in [7, 11) is 0. The maximum Gasteiger partial charge on any atom is 0.248 e. The van der Waals surface area contributed by atoms with Crippen LogP contribution in [0.25, 0.3) is 0 Å². The van der Waals surface area contributed by atoms with E-state index in [1.165, 1.54) is 0 Å². The zero-order valence-electron chi connectivity index (χ0n) is 7.37. The molecule has 3 nitrogen and oxygen atoms in total. The van der Waals surface area contributed by atoms with Crippen LogP contribution >= 0.6 is 0 Å². The van der Waals surface area contributed by atoms with Crippen LogP contribution in [0.5, 0.6) is 0 Å². The number of nitrogens with zero attached hydrogens (tertiary/aromatic N) is 1. The predicted molar refractivity (Wildman–Crippen MR) is 49.0 cm³/mol. The Bertz CT molecular complexity index is 377. The van der Waals surface area contributed by atoms with Gasteiger partial charge in [-0.05, 0) is 24.6 Å². The number of benzene rings is 1. The smallest absolute Gasteiger partial charge is 0.248 e. The first kappa shape index (κ1) is 9.27. The molecule has 1 aromatic carbocycles. The van der Waals surface area contributed by atoms with Crippen molar-refractivity contribution in [2.75, 3.05) is 0 Å². The predicted octanol–water partition coefficient (Wildman–Crippen LogP) is 1.16. The molecule has 3 heteroatoms. The molecule has 0 aliphatic heterocycles. The molecule has 0 atom stereocenters. The monoisotopic (exact) mass is 174 g/mol. The largest absolute Gasteiger partial charge is 0.366 e. The van der Waals surface area contributed by atoms with Crippen molar-refractivity contribution < 1.29 is 4.79 Å². The Morgan fingerprint density at radius 3 is 2.77 bits per heavy atom. The average Bonchev–Trinajstić information content (AvgIpc) is 2.03. The number of nitrogens with two attached hydrogens (primary N) is 1. The molecule has 1 rings (SSSR count). The molecule has 0 aliphatic carbocycles. The van der Waals surface area contributed by atoms with Gasteiger partial charge in [-0.15, -0.1) is 0 Å². The first-order valence-electron chi connectivity index (χ1n) is 3.91. The summed E-state index contributed by atoms with van der Waals surface area (Å²) in [5, 5.41) is 8.47. The number of carbonyl (C=O) groups excluding carboxylic acids is 1. The lowest BCUT2D eigenvalue weighted by atomic mass is 10.0. The summed E-state index contributed by atoms with van der Waals surface area (Å²) in [6.45, 7) is 1.87. The van der Waals surface area contributed by atoms with Gasteiger partial charge in [0, 0.05) is 5.56 Å². The van der Waals surface area contributed by atoms with Gasteiger partial charge in [0.15, 0.2) is 0 Å². The van der Waals surface area contributed by atoms with Crippen LogP contribution in [0.3, 0.4) is 0 Å². The average molecular weight is 174 g/mol. The second-order valence-electron chi connectivity index (χ2n) is 2.91. The van der Waals surface area contributed by atoms with Crippen molar-refractivity contribution in [1.29, 1.82) is 5.26 Å². The molecule has 0 saturated heterocycles. The number of primary amides is 1. The number of hydrogen-bond acceptors (Lipinski definition) is 2. The van der Waals surface area contributed by atoms with Gasteiger partial charge in [0.1, 0.15) is 0 Å². The van der Waals surface area contributed by atoms with Crippen LogP contribution in [0.4, 0.5) is 0 Å². The Labute approximate surface area is 76.8 Å². The summed E-state index contributed by atoms with van der Waals surface area (Å²) in [6.07, 6.45) is 0.308. The summed E-state index contributed by atoms with van der Waals surface area (Å²) < 4.78 is 0. The molecule has 0 aromatic heterocycles. The summed E-state index contributed by atoms with van der Waals surface area (Å²) in [5.74, 6) is -0.456. The highest BCUT2D eigenvalue weighted by Gasteiger charge is 2.02. The van der Waals surface area contributed by atoms with Gasteiger partial charge < -0.3 is 5.73 Å². The number of carbonyl (C=O) groups is 1. The highest BCUT2D eigenvalue weighted by Crippen LogP contribution is 2.09. The third-order valence-electron chi connectivity index (χ3n) is 1.70. The molecule has 0 saturated carbocycles. The van der Waals surface area contributed by atoms with E-state index < -0.39 is 5.91 Å². The van der Waals surface area contributed by atoms with Gasteiger partial charge in [-0.3, -0.25) is 4.79 Å². The fourth-order valence-electron chi connectivity index (χ4n) is 1.20. The minimum Gasteiger partial charge on any atom is -0.366 e. The standard InChI is InChI=1S/C10H10N2O/c1-7-4-8(2-3-11)6-9(5-7)10(12)13/h4-6H,2H2,1H3,(H2,12,13). The molecule has 0 aliphatic rings. The van der Waals surface area contributed by atoms with Crippen LogP contribution in [0.1, 0.15) is 21.5 Å². The minimum absolute atomic E-state index is 0.308. The summed E-state index contributed by atoms with van der Waals surface area (Å²) in [4.78, 5) is 10.8. The SMILES string of the molecule is Cc1cc(CC#N)cc(C(N)=O)c1. The van der Waals surface area contributed by atoms with E-state index in [0.717, 1.165) is 11.1 Å². The number of rotatable bonds is 2. The van der Waals surface area contributed by atoms with Crippen LogP contribution in [0.2, 0.25) is 0 Å². The van der Waals surface area contributed by atoms with E-state index >= 15 is 0 Å². The summed E-state index contributed by atoms with van der Waals surface area (Å²) in [6, 6.07) is 7.26. The van der Waals surface area contributed by atoms with E-state index in [4.69, 9.17) is 11.0 Å². The second-order valence-corrected chi connectivity index (χ2v) is 2.91. The van der Waals surface area contributed by atoms with Crippen molar-refractivity contribution in [2.45, 2.75) is 13.3 Å². The Kier molecular flexibility index (Phi) is 2.65. The van der Waals surface area contributed by atoms with Crippen molar-refractivity contribution in [2.24, 2.45) is 5.73 Å². The number of aryl methyl sites for hydroxylation is 1. The highest BCUT2D eigenvalue weighted by atomic mass is 16.1. The lowest BCUT2D eigenvalue weighted by Gasteiger charge is -2.01. The van der Waals surface area contributed by atoms with Crippen LogP contribution in [0.15, 0.2) is 18.2 Å². The molecule has 0 bridgehead atoms. The Morgan fingerprint density at radius 2 is 2.23 bits per heavy atom. The third-order valence-corrected chi connectivity index (χ3v) is 1.70. The molecule has 0 unspecified atom stereocenters. The quantitative estimate of drug-likeness (QED) is 0.731. The molecule has 66 valence electrons. The van der Waals surface area contributed by atoms with E-state index in [9.17, 15) is 4.79 Å². The maximum absolute atomic E-state index is 10.8. The fraction of sp³-hybridized carbons (Fsp3) is 0.200. The van der Waals surface area contributed by atoms with Gasteiger partial charge in [0.2, 0.25) is 5.91 Å². The van der Waals surface area contributed by atoms with Crippen LogP contribution in [-0.4, -0.2) is 5.91 Å². The van der Waals surface area contributed by atoms with Gasteiger partial charge in [-0.2, -0.15) is 5.26 Å². The lowest BCUT2D eigenvalue weighted by Crippen LogP contribution is -2.11. The number of hydrogen-bond donors (Lipinski definition) is 1. The van der Waals surface area contributed by atoms with Gasteiger partial charge in [-0.1, -0.05) is 11.6 Å². The zero-order chi connectivity index (χ0) is 9.84. The van der Waals surface area contributed by atoms with Crippen molar-refractivity contribution in [3.8, 4) is 6.07 Å². The first-order chi connectivity index (χ1) is 6.13. The molecule has 2 N–H and O–H groups in total. The molecule has 13 heavy (non-hydrogen) atoms. The van der Waals surface area contributed by atoms with Crippen LogP contribution < -0.4 is 5.73 Å². The molecule has 1 amide bonds. The summed E-state index contributed by atoms with van der Waals surface area (Å²) >= 11 is 0. The topological polar surface area (TPSA) is 66.9 Å². The third kappa shape index (κ3) is 2.31. The number of nitriles is 1. The van der Waals surface area contributed by atoms with E-state index in [0.29, 0.717) is 12.0 Å². The molecular weight excluding hydrogens is 164 g/mol. The van der Waals surface area contributed by atoms with Gasteiger partial charge in [0.05, 0.1) is 12.5 Å². The minimum atomic E-state index is -0.456. The zero-order valence-corrected chi connectivity index (χ0v) is 7.37. The summed E-state index contributed by atoms with van der Waals surface area (Å²) in [5.41, 5.74) is 7.36. The first-order valence-corrected chi connectivity index (χ1v) is 3.91. The highest BCUT2D eigenvalue weighted by molar-refractivity contribution is 5.93. The van der Waals surface area contributed by atoms with Gasteiger partial charge in [-0.25, -0.2) is 0 Å². The van der Waals surface area contributed by atoms with E-state index in [2.05, 4.69) is 0 Å². The Morgan fingerprint density at radius 1 is 1.54 bits per heavy atom. The molecule has 0 heterocycles. The second kappa shape index (κ2) is 3.72. The molecule has 0 fully saturated rings. The van der Waals surface area contributed by atoms with E-state index in [1.807, 2.05) is 19.1 Å². The maximum atomic E-state index is 10.8. The van der Waals surface area contributed by atoms with Crippen molar-refractivity contribution >= 4 is 5.91 Å². The molecular formula is C10H10N2O. The molecule has 0 spiro atoms. The van der Waals surface area contributed by atoms with Crippen molar-refractivity contribution in [1.82, 2.24) is 0 Å². The molecule has 1 aromatic rings. The van der Waals surface area contributed by atoms with E-state index in [1.54, 1.807) is 12.1 Å². The van der Waals surface area contributed by atoms with Crippen LogP contribution in [-0.2, 0) is 6.42 Å². The Balaban J connectivity index is 3.12. The lowest BCUT2D eigenvalue weighted by molar-refractivity contribution is 0.1000. The van der Waals surface area contributed by atoms with Crippen molar-refractivity contribution in [3.05, 3.63) is 34.9 Å². The van der Waals surface area contributed by atoms with Gasteiger partial charge in [0.25, 0.3) is 0 Å².